The second-order valence-electron chi connectivity index (χ2n) is 8.10. The first-order valence-corrected chi connectivity index (χ1v) is 11.9. The lowest BCUT2D eigenvalue weighted by atomic mass is 10.1. The van der Waals surface area contributed by atoms with E-state index < -0.39 is 0 Å². The fraction of sp³-hybridized carbons (Fsp3) is 0.481. The van der Waals surface area contributed by atoms with Crippen LogP contribution in [0.2, 0.25) is 0 Å². The highest BCUT2D eigenvalue weighted by Gasteiger charge is 2.01. The van der Waals surface area contributed by atoms with Gasteiger partial charge in [-0.05, 0) is 37.1 Å². The van der Waals surface area contributed by atoms with Gasteiger partial charge >= 0.3 is 0 Å². The molecule has 2 aromatic carbocycles. The van der Waals surface area contributed by atoms with Crippen LogP contribution in [0.1, 0.15) is 68.9 Å². The van der Waals surface area contributed by atoms with Crippen LogP contribution in [0.25, 0.3) is 0 Å². The number of phenols is 2. The van der Waals surface area contributed by atoms with E-state index in [0.717, 1.165) is 37.1 Å². The van der Waals surface area contributed by atoms with Crippen LogP contribution in [0.5, 0.6) is 23.0 Å². The molecule has 0 heterocycles. The maximum absolute atomic E-state index is 9.91. The van der Waals surface area contributed by atoms with Gasteiger partial charge in [-0.2, -0.15) is 0 Å². The third-order valence-corrected chi connectivity index (χ3v) is 5.51. The predicted molar refractivity (Wildman–Crippen MR) is 136 cm³/mol. The van der Waals surface area contributed by atoms with Crippen molar-refractivity contribution in [3.8, 4) is 23.0 Å². The molecule has 0 atom stereocenters. The molecule has 0 spiro atoms. The van der Waals surface area contributed by atoms with E-state index in [1.807, 2.05) is 24.3 Å². The Hall–Kier alpha value is -3.02. The van der Waals surface area contributed by atoms with Gasteiger partial charge in [-0.15, -0.1) is 0 Å². The van der Waals surface area contributed by atoms with Gasteiger partial charge in [0.25, 0.3) is 0 Å². The summed E-state index contributed by atoms with van der Waals surface area (Å²) in [6, 6.07) is 10.5. The molecule has 0 fully saturated rings. The summed E-state index contributed by atoms with van der Waals surface area (Å²) in [4.78, 5) is 8.83. The number of rotatable bonds is 16. The van der Waals surface area contributed by atoms with Crippen molar-refractivity contribution in [1.29, 1.82) is 0 Å². The highest BCUT2D eigenvalue weighted by atomic mass is 16.5. The number of hydrogen-bond acceptors (Lipinski definition) is 6. The maximum Gasteiger partial charge on any atom is 0.128 e. The van der Waals surface area contributed by atoms with Gasteiger partial charge in [-0.1, -0.05) is 44.9 Å². The number of hydrogen-bond donors (Lipinski definition) is 2. The molecule has 2 aromatic rings. The number of methoxy groups -OCH3 is 2. The van der Waals surface area contributed by atoms with E-state index in [2.05, 4.69) is 9.98 Å². The Morgan fingerprint density at radius 3 is 1.30 bits per heavy atom. The van der Waals surface area contributed by atoms with Crippen LogP contribution in [0.4, 0.5) is 0 Å². The van der Waals surface area contributed by atoms with Crippen molar-refractivity contribution in [1.82, 2.24) is 0 Å². The van der Waals surface area contributed by atoms with Gasteiger partial charge in [0.05, 0.1) is 14.2 Å². The Labute approximate surface area is 198 Å². The molecule has 0 aliphatic heterocycles. The Balaban J connectivity index is 1.42. The number of ether oxygens (including phenoxy) is 2. The van der Waals surface area contributed by atoms with Crippen molar-refractivity contribution in [2.45, 2.75) is 57.8 Å². The molecule has 0 saturated carbocycles. The normalized spacial score (nSPS) is 11.5. The third-order valence-electron chi connectivity index (χ3n) is 5.51. The molecule has 0 saturated heterocycles. The van der Waals surface area contributed by atoms with E-state index in [1.54, 1.807) is 38.8 Å². The van der Waals surface area contributed by atoms with Crippen molar-refractivity contribution in [3.05, 3.63) is 47.5 Å². The first kappa shape index (κ1) is 26.2. The second kappa shape index (κ2) is 15.7. The number of benzene rings is 2. The van der Waals surface area contributed by atoms with Gasteiger partial charge in [0.15, 0.2) is 0 Å². The van der Waals surface area contributed by atoms with E-state index in [0.29, 0.717) is 11.5 Å². The molecule has 0 unspecified atom stereocenters. The monoisotopic (exact) mass is 454 g/mol. The molecule has 0 aliphatic rings. The number of nitrogens with zero attached hydrogens (tertiary/aromatic N) is 2. The average molecular weight is 455 g/mol. The Morgan fingerprint density at radius 2 is 0.970 bits per heavy atom. The fourth-order valence-electron chi connectivity index (χ4n) is 3.49. The lowest BCUT2D eigenvalue weighted by Gasteiger charge is -2.03. The standard InChI is InChI=1S/C27H38N2O4/c1-32-24-14-12-22(26(30)18-24)20-28-16-10-8-6-4-3-5-7-9-11-17-29-21-23-13-15-25(33-2)19-27(23)31/h12-15,18-21,30-31H,3-11,16-17H2,1-2H3. The van der Waals surface area contributed by atoms with Gasteiger partial charge in [-0.25, -0.2) is 0 Å². The van der Waals surface area contributed by atoms with Crippen LogP contribution in [-0.4, -0.2) is 50.0 Å². The lowest BCUT2D eigenvalue weighted by molar-refractivity contribution is 0.407. The Bertz CT molecular complexity index is 809. The average Bonchev–Trinajstić information content (AvgIpc) is 2.83. The summed E-state index contributed by atoms with van der Waals surface area (Å²) in [5.74, 6) is 1.68. The minimum atomic E-state index is 0.196. The lowest BCUT2D eigenvalue weighted by Crippen LogP contribution is -1.89. The molecule has 0 aromatic heterocycles. The quantitative estimate of drug-likeness (QED) is 0.235. The van der Waals surface area contributed by atoms with Crippen LogP contribution < -0.4 is 9.47 Å². The highest BCUT2D eigenvalue weighted by Crippen LogP contribution is 2.22. The van der Waals surface area contributed by atoms with Crippen LogP contribution >= 0.6 is 0 Å². The van der Waals surface area contributed by atoms with Crippen LogP contribution in [-0.2, 0) is 0 Å². The van der Waals surface area contributed by atoms with Gasteiger partial charge in [0, 0.05) is 48.8 Å². The molecule has 0 aliphatic carbocycles. The number of aliphatic imine (C=N–C) groups is 2. The summed E-state index contributed by atoms with van der Waals surface area (Å²) in [6.45, 7) is 1.58. The van der Waals surface area contributed by atoms with E-state index in [-0.39, 0.29) is 11.5 Å². The van der Waals surface area contributed by atoms with Crippen molar-refractivity contribution in [2.75, 3.05) is 27.3 Å². The Morgan fingerprint density at radius 1 is 0.606 bits per heavy atom. The van der Waals surface area contributed by atoms with Gasteiger partial charge < -0.3 is 19.7 Å². The van der Waals surface area contributed by atoms with Crippen LogP contribution in [0.15, 0.2) is 46.4 Å². The van der Waals surface area contributed by atoms with Crippen LogP contribution in [0.3, 0.4) is 0 Å². The molecule has 2 rings (SSSR count). The van der Waals surface area contributed by atoms with Gasteiger partial charge in [0.2, 0.25) is 0 Å². The summed E-state index contributed by atoms with van der Waals surface area (Å²) >= 11 is 0. The van der Waals surface area contributed by atoms with E-state index in [1.165, 1.54) is 44.9 Å². The van der Waals surface area contributed by atoms with Crippen molar-refractivity contribution < 1.29 is 19.7 Å². The molecule has 0 amide bonds. The van der Waals surface area contributed by atoms with Crippen LogP contribution in [0, 0.1) is 0 Å². The first-order chi connectivity index (χ1) is 16.1. The topological polar surface area (TPSA) is 83.6 Å². The van der Waals surface area contributed by atoms with Gasteiger partial charge in [-0.3, -0.25) is 9.98 Å². The van der Waals surface area contributed by atoms with Crippen molar-refractivity contribution >= 4 is 12.4 Å². The second-order valence-corrected chi connectivity index (χ2v) is 8.10. The fourth-order valence-corrected chi connectivity index (χ4v) is 3.49. The van der Waals surface area contributed by atoms with E-state index in [4.69, 9.17) is 9.47 Å². The largest absolute Gasteiger partial charge is 0.507 e. The minimum Gasteiger partial charge on any atom is -0.507 e. The molecule has 33 heavy (non-hydrogen) atoms. The molecule has 0 radical (unpaired) electrons. The van der Waals surface area contributed by atoms with E-state index in [9.17, 15) is 10.2 Å². The third kappa shape index (κ3) is 10.4. The molecular formula is C27H38N2O4. The Kier molecular flexibility index (Phi) is 12.5. The minimum absolute atomic E-state index is 0.196. The molecule has 0 bridgehead atoms. The number of aromatic hydroxyl groups is 2. The highest BCUT2D eigenvalue weighted by molar-refractivity contribution is 5.84. The molecule has 6 heteroatoms. The maximum atomic E-state index is 9.91. The summed E-state index contributed by atoms with van der Waals surface area (Å²) in [5, 5.41) is 19.8. The van der Waals surface area contributed by atoms with Gasteiger partial charge in [0.1, 0.15) is 23.0 Å². The summed E-state index contributed by atoms with van der Waals surface area (Å²) < 4.78 is 10.2. The SMILES string of the molecule is COc1ccc(C=NCCCCCCCCCCCN=Cc2ccc(OC)cc2O)c(O)c1. The summed E-state index contributed by atoms with van der Waals surface area (Å²) in [5.41, 5.74) is 1.45. The van der Waals surface area contributed by atoms with Crippen molar-refractivity contribution in [3.63, 3.8) is 0 Å². The van der Waals surface area contributed by atoms with Crippen molar-refractivity contribution in [2.24, 2.45) is 9.98 Å². The molecule has 2 N–H and O–H groups in total. The van der Waals surface area contributed by atoms with E-state index >= 15 is 0 Å². The predicted octanol–water partition coefficient (Wildman–Crippen LogP) is 6.16. The first-order valence-electron chi connectivity index (χ1n) is 11.9. The number of unbranched alkanes of at least 4 members (excludes halogenated alkanes) is 8. The molecule has 180 valence electrons. The zero-order chi connectivity index (χ0) is 23.7. The zero-order valence-electron chi connectivity index (χ0n) is 20.0. The summed E-state index contributed by atoms with van der Waals surface area (Å²) in [7, 11) is 3.16. The zero-order valence-corrected chi connectivity index (χ0v) is 20.0. The molecule has 6 nitrogen and oxygen atoms in total. The number of phenolic OH excluding ortho intramolecular Hbond substituents is 2. The smallest absolute Gasteiger partial charge is 0.128 e. The molecular weight excluding hydrogens is 416 g/mol. The summed E-state index contributed by atoms with van der Waals surface area (Å²) in [6.07, 6.45) is 14.3.